The minimum atomic E-state index is -0.553. The van der Waals surface area contributed by atoms with Gasteiger partial charge in [-0.25, -0.2) is 0 Å². The maximum Gasteiger partial charge on any atom is 0.236 e. The van der Waals surface area contributed by atoms with Gasteiger partial charge in [0.05, 0.1) is 6.54 Å². The molecule has 5 nitrogen and oxygen atoms in total. The Morgan fingerprint density at radius 1 is 1.55 bits per heavy atom. The third-order valence-electron chi connectivity index (χ3n) is 0.967. The summed E-state index contributed by atoms with van der Waals surface area (Å²) in [5.74, 6) is -0.804. The summed E-state index contributed by atoms with van der Waals surface area (Å²) in [6.45, 7) is 1.59. The Labute approximate surface area is 65.1 Å². The highest BCUT2D eigenvalue weighted by atomic mass is 16.2. The highest BCUT2D eigenvalue weighted by Crippen LogP contribution is 1.83. The van der Waals surface area contributed by atoms with E-state index >= 15 is 0 Å². The second kappa shape index (κ2) is 4.68. The first-order valence-electron chi connectivity index (χ1n) is 3.33. The molecule has 0 saturated carbocycles. The summed E-state index contributed by atoms with van der Waals surface area (Å²) >= 11 is 0. The SMILES string of the molecule is CC(N)CC(=O)NCC(N)=O. The molecule has 0 radical (unpaired) electrons. The molecule has 0 aliphatic heterocycles. The van der Waals surface area contributed by atoms with Crippen LogP contribution in [0.25, 0.3) is 0 Å². The van der Waals surface area contributed by atoms with E-state index in [1.165, 1.54) is 0 Å². The molecule has 0 aliphatic carbocycles. The molecule has 1 atom stereocenters. The van der Waals surface area contributed by atoms with Crippen LogP contribution in [0, 0.1) is 0 Å². The highest BCUT2D eigenvalue weighted by molar-refractivity contribution is 5.83. The van der Waals surface area contributed by atoms with Crippen molar-refractivity contribution in [3.63, 3.8) is 0 Å². The molecule has 0 aromatic heterocycles. The predicted molar refractivity (Wildman–Crippen MR) is 40.5 cm³/mol. The fourth-order valence-corrected chi connectivity index (χ4v) is 0.550. The summed E-state index contributed by atoms with van der Waals surface area (Å²) in [4.78, 5) is 20.9. The number of hydrogen-bond donors (Lipinski definition) is 3. The second-order valence-electron chi connectivity index (χ2n) is 2.42. The van der Waals surface area contributed by atoms with E-state index in [0.29, 0.717) is 0 Å². The number of rotatable bonds is 4. The summed E-state index contributed by atoms with van der Waals surface area (Å²) < 4.78 is 0. The molecule has 0 rings (SSSR count). The van der Waals surface area contributed by atoms with E-state index in [-0.39, 0.29) is 24.9 Å². The van der Waals surface area contributed by atoms with Crippen LogP contribution in [-0.4, -0.2) is 24.4 Å². The quantitative estimate of drug-likeness (QED) is 0.457. The summed E-state index contributed by atoms with van der Waals surface area (Å²) in [5, 5.41) is 2.32. The number of hydrogen-bond acceptors (Lipinski definition) is 3. The third-order valence-corrected chi connectivity index (χ3v) is 0.967. The van der Waals surface area contributed by atoms with Gasteiger partial charge in [-0.05, 0) is 6.92 Å². The number of carbonyl (C=O) groups excluding carboxylic acids is 2. The van der Waals surface area contributed by atoms with E-state index in [1.807, 2.05) is 0 Å². The lowest BCUT2D eigenvalue weighted by Gasteiger charge is -2.04. The van der Waals surface area contributed by atoms with Crippen molar-refractivity contribution in [1.29, 1.82) is 0 Å². The Morgan fingerprint density at radius 3 is 2.45 bits per heavy atom. The Morgan fingerprint density at radius 2 is 2.09 bits per heavy atom. The Hall–Kier alpha value is -1.10. The van der Waals surface area contributed by atoms with Crippen LogP contribution in [0.2, 0.25) is 0 Å². The Balaban J connectivity index is 3.45. The van der Waals surface area contributed by atoms with Gasteiger partial charge in [-0.1, -0.05) is 0 Å². The molecule has 0 aromatic rings. The van der Waals surface area contributed by atoms with Crippen LogP contribution in [-0.2, 0) is 9.59 Å². The van der Waals surface area contributed by atoms with Gasteiger partial charge < -0.3 is 16.8 Å². The van der Waals surface area contributed by atoms with E-state index in [4.69, 9.17) is 11.5 Å². The van der Waals surface area contributed by atoms with E-state index in [2.05, 4.69) is 5.32 Å². The van der Waals surface area contributed by atoms with Crippen LogP contribution in [0.15, 0.2) is 0 Å². The molecule has 0 heterocycles. The third kappa shape index (κ3) is 6.79. The molecule has 0 fully saturated rings. The molecule has 0 saturated heterocycles. The van der Waals surface area contributed by atoms with Crippen molar-refractivity contribution in [1.82, 2.24) is 5.32 Å². The lowest BCUT2D eigenvalue weighted by Crippen LogP contribution is -2.35. The van der Waals surface area contributed by atoms with Crippen LogP contribution < -0.4 is 16.8 Å². The molecule has 5 N–H and O–H groups in total. The van der Waals surface area contributed by atoms with Gasteiger partial charge >= 0.3 is 0 Å². The zero-order valence-corrected chi connectivity index (χ0v) is 6.46. The second-order valence-corrected chi connectivity index (χ2v) is 2.42. The van der Waals surface area contributed by atoms with Gasteiger partial charge in [0.2, 0.25) is 11.8 Å². The molecular weight excluding hydrogens is 146 g/mol. The number of nitrogens with two attached hydrogens (primary N) is 2. The van der Waals surface area contributed by atoms with Gasteiger partial charge in [-0.15, -0.1) is 0 Å². The van der Waals surface area contributed by atoms with Crippen LogP contribution in [0.4, 0.5) is 0 Å². The van der Waals surface area contributed by atoms with Crippen molar-refractivity contribution in [2.24, 2.45) is 11.5 Å². The molecule has 64 valence electrons. The smallest absolute Gasteiger partial charge is 0.236 e. The van der Waals surface area contributed by atoms with Gasteiger partial charge in [-0.3, -0.25) is 9.59 Å². The average molecular weight is 159 g/mol. The maximum atomic E-state index is 10.8. The topological polar surface area (TPSA) is 98.2 Å². The van der Waals surface area contributed by atoms with Crippen molar-refractivity contribution < 1.29 is 9.59 Å². The van der Waals surface area contributed by atoms with Crippen LogP contribution >= 0.6 is 0 Å². The van der Waals surface area contributed by atoms with Gasteiger partial charge in [0.25, 0.3) is 0 Å². The largest absolute Gasteiger partial charge is 0.368 e. The van der Waals surface area contributed by atoms with Crippen LogP contribution in [0.5, 0.6) is 0 Å². The standard InChI is InChI=1S/C6H13N3O2/c1-4(7)2-6(11)9-3-5(8)10/h4H,2-3,7H2,1H3,(H2,8,10)(H,9,11). The summed E-state index contributed by atoms with van der Waals surface area (Å²) in [6, 6.07) is -0.192. The first-order chi connectivity index (χ1) is 5.02. The monoisotopic (exact) mass is 159 g/mol. The normalized spacial score (nSPS) is 12.2. The number of carbonyl (C=O) groups is 2. The maximum absolute atomic E-state index is 10.8. The molecule has 5 heteroatoms. The fraction of sp³-hybridized carbons (Fsp3) is 0.667. The summed E-state index contributed by atoms with van der Waals surface area (Å²) in [6.07, 6.45) is 0.216. The zero-order valence-electron chi connectivity index (χ0n) is 6.46. The van der Waals surface area contributed by atoms with Crippen molar-refractivity contribution in [3.05, 3.63) is 0 Å². The summed E-state index contributed by atoms with van der Waals surface area (Å²) in [5.41, 5.74) is 10.1. The molecule has 1 unspecified atom stereocenters. The molecule has 0 aliphatic rings. The number of amides is 2. The Kier molecular flexibility index (Phi) is 4.21. The lowest BCUT2D eigenvalue weighted by molar-refractivity contribution is -0.125. The summed E-state index contributed by atoms with van der Waals surface area (Å²) in [7, 11) is 0. The molecule has 0 aromatic carbocycles. The Bertz CT molecular complexity index is 156. The highest BCUT2D eigenvalue weighted by Gasteiger charge is 2.04. The lowest BCUT2D eigenvalue weighted by atomic mass is 10.2. The van der Waals surface area contributed by atoms with E-state index in [0.717, 1.165) is 0 Å². The average Bonchev–Trinajstić information content (AvgIpc) is 1.82. The molecule has 0 bridgehead atoms. The molecule has 11 heavy (non-hydrogen) atoms. The number of primary amides is 1. The van der Waals surface area contributed by atoms with Crippen molar-refractivity contribution >= 4 is 11.8 Å². The zero-order chi connectivity index (χ0) is 8.85. The van der Waals surface area contributed by atoms with E-state index in [1.54, 1.807) is 6.92 Å². The van der Waals surface area contributed by atoms with Crippen LogP contribution in [0.3, 0.4) is 0 Å². The van der Waals surface area contributed by atoms with Crippen LogP contribution in [0.1, 0.15) is 13.3 Å². The molecule has 0 spiro atoms. The van der Waals surface area contributed by atoms with Gasteiger partial charge in [0.1, 0.15) is 0 Å². The van der Waals surface area contributed by atoms with Crippen molar-refractivity contribution in [2.45, 2.75) is 19.4 Å². The fourth-order valence-electron chi connectivity index (χ4n) is 0.550. The minimum Gasteiger partial charge on any atom is -0.368 e. The molecule has 2 amide bonds. The minimum absolute atomic E-state index is 0.119. The van der Waals surface area contributed by atoms with Crippen molar-refractivity contribution in [3.8, 4) is 0 Å². The number of nitrogens with one attached hydrogen (secondary N) is 1. The first-order valence-corrected chi connectivity index (χ1v) is 3.33. The predicted octanol–water partition coefficient (Wildman–Crippen LogP) is -1.67. The first kappa shape index (κ1) is 9.90. The molecular formula is C6H13N3O2. The van der Waals surface area contributed by atoms with Gasteiger partial charge in [0, 0.05) is 12.5 Å². The van der Waals surface area contributed by atoms with Crippen molar-refractivity contribution in [2.75, 3.05) is 6.54 Å². The van der Waals surface area contributed by atoms with E-state index < -0.39 is 5.91 Å². The van der Waals surface area contributed by atoms with E-state index in [9.17, 15) is 9.59 Å². The van der Waals surface area contributed by atoms with Gasteiger partial charge in [0.15, 0.2) is 0 Å². The van der Waals surface area contributed by atoms with Gasteiger partial charge in [-0.2, -0.15) is 0 Å².